The van der Waals surface area contributed by atoms with Crippen LogP contribution < -0.4 is 0 Å². The number of amides is 1. The minimum absolute atomic E-state index is 0. The highest BCUT2D eigenvalue weighted by atomic mass is 35.5. The number of likely N-dealkylation sites (tertiary alicyclic amines) is 2. The van der Waals surface area contributed by atoms with E-state index in [0.717, 1.165) is 26.1 Å². The summed E-state index contributed by atoms with van der Waals surface area (Å²) < 4.78 is 0. The second kappa shape index (κ2) is 7.30. The molecule has 3 nitrogen and oxygen atoms in total. The zero-order chi connectivity index (χ0) is 14.8. The minimum Gasteiger partial charge on any atom is -0.342 e. The number of carbonyl (C=O) groups excluding carboxylic acids is 1. The standard InChI is InChI=1S/C18H24N2O.ClH/c1-3-4-10-17(21)20-12-15-11-19(2)18(16(15)13-20)14-8-6-5-7-9-14;/h3,5-9,15-16,18H,1,4,10-13H2,2H3;1H/t15-,16+,18-;/m0./s1. The van der Waals surface area contributed by atoms with Crippen LogP contribution in [0.15, 0.2) is 43.0 Å². The third kappa shape index (κ3) is 3.21. The van der Waals surface area contributed by atoms with Crippen molar-refractivity contribution in [1.82, 2.24) is 9.80 Å². The van der Waals surface area contributed by atoms with Crippen LogP contribution in [-0.4, -0.2) is 42.4 Å². The van der Waals surface area contributed by atoms with Gasteiger partial charge in [-0.25, -0.2) is 0 Å². The van der Waals surface area contributed by atoms with E-state index in [4.69, 9.17) is 0 Å². The lowest BCUT2D eigenvalue weighted by molar-refractivity contribution is -0.130. The van der Waals surface area contributed by atoms with E-state index in [1.807, 2.05) is 6.08 Å². The molecule has 0 radical (unpaired) electrons. The Morgan fingerprint density at radius 3 is 2.68 bits per heavy atom. The van der Waals surface area contributed by atoms with E-state index < -0.39 is 0 Å². The molecule has 0 aliphatic carbocycles. The number of hydrogen-bond acceptors (Lipinski definition) is 2. The maximum Gasteiger partial charge on any atom is 0.222 e. The van der Waals surface area contributed by atoms with Crippen molar-refractivity contribution in [2.24, 2.45) is 11.8 Å². The highest BCUT2D eigenvalue weighted by Crippen LogP contribution is 2.44. The Bertz CT molecular complexity index is 519. The van der Waals surface area contributed by atoms with Gasteiger partial charge >= 0.3 is 0 Å². The summed E-state index contributed by atoms with van der Waals surface area (Å²) in [6, 6.07) is 11.2. The van der Waals surface area contributed by atoms with Gasteiger partial charge in [-0.2, -0.15) is 0 Å². The molecule has 2 aliphatic heterocycles. The molecule has 2 heterocycles. The second-order valence-corrected chi connectivity index (χ2v) is 6.35. The third-order valence-corrected chi connectivity index (χ3v) is 4.95. The van der Waals surface area contributed by atoms with Crippen molar-refractivity contribution in [3.8, 4) is 0 Å². The number of allylic oxidation sites excluding steroid dienone is 1. The van der Waals surface area contributed by atoms with Crippen LogP contribution in [0, 0.1) is 11.8 Å². The van der Waals surface area contributed by atoms with Crippen LogP contribution >= 0.6 is 12.4 Å². The molecule has 0 unspecified atom stereocenters. The van der Waals surface area contributed by atoms with Gasteiger partial charge in [0.2, 0.25) is 5.91 Å². The monoisotopic (exact) mass is 320 g/mol. The Morgan fingerprint density at radius 1 is 1.27 bits per heavy atom. The molecular formula is C18H25ClN2O. The lowest BCUT2D eigenvalue weighted by Gasteiger charge is -2.26. The second-order valence-electron chi connectivity index (χ2n) is 6.35. The summed E-state index contributed by atoms with van der Waals surface area (Å²) in [6.07, 6.45) is 3.22. The minimum atomic E-state index is 0. The average Bonchev–Trinajstić information content (AvgIpc) is 3.02. The van der Waals surface area contributed by atoms with Crippen LogP contribution in [-0.2, 0) is 4.79 Å². The summed E-state index contributed by atoms with van der Waals surface area (Å²) in [6.45, 7) is 6.63. The van der Waals surface area contributed by atoms with E-state index >= 15 is 0 Å². The Labute approximate surface area is 139 Å². The van der Waals surface area contributed by atoms with Gasteiger partial charge in [0.25, 0.3) is 0 Å². The van der Waals surface area contributed by atoms with Crippen molar-refractivity contribution in [3.05, 3.63) is 48.6 Å². The first-order valence-corrected chi connectivity index (χ1v) is 7.84. The van der Waals surface area contributed by atoms with Gasteiger partial charge in [-0.1, -0.05) is 36.4 Å². The van der Waals surface area contributed by atoms with Crippen LogP contribution in [0.3, 0.4) is 0 Å². The highest BCUT2D eigenvalue weighted by molar-refractivity contribution is 5.85. The summed E-state index contributed by atoms with van der Waals surface area (Å²) in [5.41, 5.74) is 1.38. The molecule has 0 spiro atoms. The molecule has 0 aromatic heterocycles. The Hall–Kier alpha value is -1.32. The molecular weight excluding hydrogens is 296 g/mol. The number of hydrogen-bond donors (Lipinski definition) is 0. The number of nitrogens with zero attached hydrogens (tertiary/aromatic N) is 2. The van der Waals surface area contributed by atoms with Gasteiger partial charge in [0.05, 0.1) is 0 Å². The van der Waals surface area contributed by atoms with Gasteiger partial charge in [0.15, 0.2) is 0 Å². The third-order valence-electron chi connectivity index (χ3n) is 4.95. The molecule has 1 aromatic carbocycles. The van der Waals surface area contributed by atoms with Crippen LogP contribution in [0.5, 0.6) is 0 Å². The van der Waals surface area contributed by atoms with Gasteiger partial charge in [0.1, 0.15) is 0 Å². The van der Waals surface area contributed by atoms with E-state index in [-0.39, 0.29) is 12.4 Å². The van der Waals surface area contributed by atoms with Crippen molar-refractivity contribution >= 4 is 18.3 Å². The molecule has 2 aliphatic rings. The summed E-state index contributed by atoms with van der Waals surface area (Å²) >= 11 is 0. The number of rotatable bonds is 4. The lowest BCUT2D eigenvalue weighted by atomic mass is 9.90. The van der Waals surface area contributed by atoms with Crippen LogP contribution in [0.4, 0.5) is 0 Å². The highest BCUT2D eigenvalue weighted by Gasteiger charge is 2.46. The molecule has 22 heavy (non-hydrogen) atoms. The number of carbonyl (C=O) groups is 1. The molecule has 1 amide bonds. The van der Waals surface area contributed by atoms with E-state index in [1.54, 1.807) is 0 Å². The normalized spacial score (nSPS) is 27.3. The molecule has 2 saturated heterocycles. The lowest BCUT2D eigenvalue weighted by Crippen LogP contribution is -2.33. The predicted octanol–water partition coefficient (Wildman–Crippen LogP) is 3.14. The molecule has 0 bridgehead atoms. The first-order chi connectivity index (χ1) is 10.2. The Balaban J connectivity index is 0.00000176. The topological polar surface area (TPSA) is 23.6 Å². The molecule has 4 heteroatoms. The molecule has 0 N–H and O–H groups in total. The van der Waals surface area contributed by atoms with Gasteiger partial charge in [0, 0.05) is 38.0 Å². The van der Waals surface area contributed by atoms with Crippen LogP contribution in [0.2, 0.25) is 0 Å². The summed E-state index contributed by atoms with van der Waals surface area (Å²) in [5, 5.41) is 0. The van der Waals surface area contributed by atoms with Gasteiger partial charge in [-0.3, -0.25) is 9.69 Å². The molecule has 3 atom stereocenters. The zero-order valence-corrected chi connectivity index (χ0v) is 14.0. The average molecular weight is 321 g/mol. The quantitative estimate of drug-likeness (QED) is 0.796. The maximum atomic E-state index is 12.2. The largest absolute Gasteiger partial charge is 0.342 e. The van der Waals surface area contributed by atoms with Gasteiger partial charge in [-0.15, -0.1) is 19.0 Å². The molecule has 3 rings (SSSR count). The predicted molar refractivity (Wildman–Crippen MR) is 92.1 cm³/mol. The van der Waals surface area contributed by atoms with Gasteiger partial charge in [-0.05, 0) is 24.9 Å². The first kappa shape index (κ1) is 17.0. The van der Waals surface area contributed by atoms with Crippen molar-refractivity contribution in [3.63, 3.8) is 0 Å². The van der Waals surface area contributed by atoms with Crippen molar-refractivity contribution in [1.29, 1.82) is 0 Å². The smallest absolute Gasteiger partial charge is 0.222 e. The molecule has 2 fully saturated rings. The van der Waals surface area contributed by atoms with Crippen LogP contribution in [0.25, 0.3) is 0 Å². The van der Waals surface area contributed by atoms with Crippen molar-refractivity contribution < 1.29 is 4.79 Å². The molecule has 120 valence electrons. The van der Waals surface area contributed by atoms with E-state index in [1.165, 1.54) is 5.56 Å². The molecule has 1 aromatic rings. The number of benzene rings is 1. The Kier molecular flexibility index (Phi) is 5.65. The first-order valence-electron chi connectivity index (χ1n) is 7.84. The Morgan fingerprint density at radius 2 is 2.00 bits per heavy atom. The van der Waals surface area contributed by atoms with Gasteiger partial charge < -0.3 is 4.90 Å². The summed E-state index contributed by atoms with van der Waals surface area (Å²) in [5.74, 6) is 1.48. The maximum absolute atomic E-state index is 12.2. The fourth-order valence-electron chi connectivity index (χ4n) is 4.00. The summed E-state index contributed by atoms with van der Waals surface area (Å²) in [4.78, 5) is 16.8. The summed E-state index contributed by atoms with van der Waals surface area (Å²) in [7, 11) is 2.21. The molecule has 0 saturated carbocycles. The fourth-order valence-corrected chi connectivity index (χ4v) is 4.00. The number of fused-ring (bicyclic) bond motifs is 1. The van der Waals surface area contributed by atoms with Crippen molar-refractivity contribution in [2.75, 3.05) is 26.7 Å². The van der Waals surface area contributed by atoms with E-state index in [2.05, 4.69) is 53.8 Å². The SMILES string of the molecule is C=CCCC(=O)N1C[C@@H]2CN(C)[C@@H](c3ccccc3)[C@@H]2C1.Cl. The fraction of sp³-hybridized carbons (Fsp3) is 0.500. The van der Waals surface area contributed by atoms with E-state index in [0.29, 0.717) is 30.2 Å². The number of halogens is 1. The van der Waals surface area contributed by atoms with E-state index in [9.17, 15) is 4.79 Å². The van der Waals surface area contributed by atoms with Crippen molar-refractivity contribution in [2.45, 2.75) is 18.9 Å². The zero-order valence-electron chi connectivity index (χ0n) is 13.1. The van der Waals surface area contributed by atoms with Crippen LogP contribution in [0.1, 0.15) is 24.4 Å².